The van der Waals surface area contributed by atoms with E-state index in [0.29, 0.717) is 19.3 Å². The average Bonchev–Trinajstić information content (AvgIpc) is 3.36. The quantitative estimate of drug-likeness (QED) is 0.0262. The van der Waals surface area contributed by atoms with Gasteiger partial charge in [-0.15, -0.1) is 0 Å². The lowest BCUT2D eigenvalue weighted by molar-refractivity contribution is -0.166. The molecule has 0 aromatic rings. The first-order valence-corrected chi connectivity index (χ1v) is 27.5. The zero-order valence-corrected chi connectivity index (χ0v) is 44.5. The summed E-state index contributed by atoms with van der Waals surface area (Å²) in [7, 11) is 0. The molecule has 0 fully saturated rings. The zero-order valence-electron chi connectivity index (χ0n) is 44.5. The lowest BCUT2D eigenvalue weighted by atomic mass is 10.1. The maximum absolute atomic E-state index is 12.7. The highest BCUT2D eigenvalue weighted by Gasteiger charge is 2.19. The lowest BCUT2D eigenvalue weighted by Gasteiger charge is -2.18. The fourth-order valence-electron chi connectivity index (χ4n) is 6.71. The van der Waals surface area contributed by atoms with Crippen LogP contribution >= 0.6 is 0 Å². The Hall–Kier alpha value is -4.97. The van der Waals surface area contributed by atoms with Crippen LogP contribution in [0.1, 0.15) is 207 Å². The molecule has 6 heteroatoms. The molecule has 0 saturated carbocycles. The molecule has 0 heterocycles. The maximum atomic E-state index is 12.7. The molecule has 0 aliphatic carbocycles. The van der Waals surface area contributed by atoms with Crippen molar-refractivity contribution >= 4 is 17.9 Å². The molecule has 1 unspecified atom stereocenters. The number of hydrogen-bond donors (Lipinski definition) is 0. The van der Waals surface area contributed by atoms with Crippen LogP contribution in [-0.2, 0) is 28.6 Å². The van der Waals surface area contributed by atoms with E-state index in [-0.39, 0.29) is 31.6 Å². The van der Waals surface area contributed by atoms with Crippen molar-refractivity contribution in [3.63, 3.8) is 0 Å². The molecule has 70 heavy (non-hydrogen) atoms. The second kappa shape index (κ2) is 56.6. The maximum Gasteiger partial charge on any atom is 0.306 e. The summed E-state index contributed by atoms with van der Waals surface area (Å²) in [4.78, 5) is 37.9. The molecule has 0 rings (SSSR count). The van der Waals surface area contributed by atoms with Crippen LogP contribution in [0.2, 0.25) is 0 Å². The molecule has 0 aliphatic heterocycles. The summed E-state index contributed by atoms with van der Waals surface area (Å²) in [5.41, 5.74) is 0. The van der Waals surface area contributed by atoms with Crippen molar-refractivity contribution in [3.8, 4) is 0 Å². The standard InChI is InChI=1S/C64H98O6/c1-4-7-10-13-16-19-22-24-25-26-27-28-29-30-31-32-33-34-35-36-37-38-39-41-42-45-48-51-54-57-63(66)69-60-61(59-68-62(65)56-53-50-47-44-21-18-15-12-9-6-3)70-64(67)58-55-52-49-46-43-40-23-20-17-14-11-8-5-2/h7-8,10-12,15-17,19-20,24-25,27-28,30-31,33-34,36-37,39-41,43,49,52,61H,4-6,9,13-14,18,21-23,26,29,32,35,38,42,44-48,50-51,53-60H2,1-3H3/b10-7-,11-8-,15-12-,19-16-,20-17-,25-24-,28-27-,31-30-,34-33-,37-36-,41-39-,43-40-,52-49-. The van der Waals surface area contributed by atoms with Crippen LogP contribution in [-0.4, -0.2) is 37.2 Å². The second-order valence-electron chi connectivity index (χ2n) is 17.4. The van der Waals surface area contributed by atoms with Crippen molar-refractivity contribution in [2.45, 2.75) is 213 Å². The Labute approximate surface area is 429 Å². The molecular formula is C64H98O6. The van der Waals surface area contributed by atoms with Crippen molar-refractivity contribution < 1.29 is 28.6 Å². The number of esters is 3. The molecular weight excluding hydrogens is 865 g/mol. The minimum Gasteiger partial charge on any atom is -0.462 e. The monoisotopic (exact) mass is 963 g/mol. The largest absolute Gasteiger partial charge is 0.462 e. The number of ether oxygens (including phenoxy) is 3. The van der Waals surface area contributed by atoms with Crippen LogP contribution in [0.5, 0.6) is 0 Å². The van der Waals surface area contributed by atoms with E-state index >= 15 is 0 Å². The predicted molar refractivity (Wildman–Crippen MR) is 302 cm³/mol. The smallest absolute Gasteiger partial charge is 0.306 e. The molecule has 0 aromatic carbocycles. The summed E-state index contributed by atoms with van der Waals surface area (Å²) in [6.45, 7) is 6.22. The van der Waals surface area contributed by atoms with Crippen molar-refractivity contribution in [2.75, 3.05) is 13.2 Å². The Kier molecular flexibility index (Phi) is 52.6. The zero-order chi connectivity index (χ0) is 50.7. The molecule has 0 bridgehead atoms. The number of carbonyl (C=O) groups is 3. The predicted octanol–water partition coefficient (Wildman–Crippen LogP) is 18.6. The number of hydrogen-bond acceptors (Lipinski definition) is 6. The van der Waals surface area contributed by atoms with Crippen LogP contribution in [0.4, 0.5) is 0 Å². The van der Waals surface area contributed by atoms with Gasteiger partial charge in [-0.1, -0.05) is 217 Å². The minimum absolute atomic E-state index is 0.126. The Morgan fingerprint density at radius 3 is 0.943 bits per heavy atom. The van der Waals surface area contributed by atoms with Gasteiger partial charge in [-0.3, -0.25) is 14.4 Å². The Balaban J connectivity index is 4.39. The third-order valence-electron chi connectivity index (χ3n) is 10.7. The molecule has 0 amide bonds. The third kappa shape index (κ3) is 54.0. The van der Waals surface area contributed by atoms with Gasteiger partial charge in [-0.05, 0) is 128 Å². The minimum atomic E-state index is -0.836. The molecule has 0 aliphatic rings. The SMILES string of the molecule is CC/C=C\C/C=C\C/C=C\C/C=C\C/C=C\C/C=C\C/C=C\C/C=C\CCCCCCC(=O)OCC(COC(=O)CCCCCCC/C=C\CCC)OC(=O)CC/C=C\C/C=C\C/C=C\C/C=C\CC. The van der Waals surface area contributed by atoms with Gasteiger partial charge in [-0.2, -0.15) is 0 Å². The first-order chi connectivity index (χ1) is 34.5. The van der Waals surface area contributed by atoms with Crippen molar-refractivity contribution in [1.29, 1.82) is 0 Å². The highest BCUT2D eigenvalue weighted by molar-refractivity contribution is 5.71. The van der Waals surface area contributed by atoms with Crippen molar-refractivity contribution in [1.82, 2.24) is 0 Å². The molecule has 0 saturated heterocycles. The van der Waals surface area contributed by atoms with E-state index in [4.69, 9.17) is 14.2 Å². The van der Waals surface area contributed by atoms with Crippen molar-refractivity contribution in [3.05, 3.63) is 158 Å². The van der Waals surface area contributed by atoms with E-state index < -0.39 is 12.1 Å². The van der Waals surface area contributed by atoms with Gasteiger partial charge in [0.05, 0.1) is 0 Å². The third-order valence-corrected chi connectivity index (χ3v) is 10.7. The van der Waals surface area contributed by atoms with Gasteiger partial charge in [0.25, 0.3) is 0 Å². The Morgan fingerprint density at radius 2 is 0.586 bits per heavy atom. The van der Waals surface area contributed by atoms with Gasteiger partial charge < -0.3 is 14.2 Å². The number of unbranched alkanes of at least 4 members (excludes halogenated alkanes) is 10. The summed E-state index contributed by atoms with van der Waals surface area (Å²) < 4.78 is 16.7. The highest BCUT2D eigenvalue weighted by atomic mass is 16.6. The van der Waals surface area contributed by atoms with Gasteiger partial charge in [0.2, 0.25) is 0 Å². The first kappa shape index (κ1) is 65.0. The summed E-state index contributed by atoms with van der Waals surface area (Å²) in [5, 5.41) is 0. The lowest BCUT2D eigenvalue weighted by Crippen LogP contribution is -2.30. The average molecular weight is 963 g/mol. The fourth-order valence-corrected chi connectivity index (χ4v) is 6.71. The van der Waals surface area contributed by atoms with Crippen LogP contribution in [0.3, 0.4) is 0 Å². The molecule has 0 aromatic heterocycles. The van der Waals surface area contributed by atoms with E-state index in [1.54, 1.807) is 0 Å². The first-order valence-electron chi connectivity index (χ1n) is 27.5. The summed E-state index contributed by atoms with van der Waals surface area (Å²) in [5.74, 6) is -1.06. The molecule has 6 nitrogen and oxygen atoms in total. The Morgan fingerprint density at radius 1 is 0.300 bits per heavy atom. The second-order valence-corrected chi connectivity index (χ2v) is 17.4. The van der Waals surface area contributed by atoms with E-state index in [1.165, 1.54) is 12.8 Å². The Bertz CT molecular complexity index is 1620. The highest BCUT2D eigenvalue weighted by Crippen LogP contribution is 2.11. The van der Waals surface area contributed by atoms with E-state index in [2.05, 4.69) is 167 Å². The number of carbonyl (C=O) groups excluding carboxylic acids is 3. The normalized spacial score (nSPS) is 13.4. The van der Waals surface area contributed by atoms with E-state index in [9.17, 15) is 14.4 Å². The van der Waals surface area contributed by atoms with E-state index in [1.807, 2.05) is 12.2 Å². The van der Waals surface area contributed by atoms with Gasteiger partial charge >= 0.3 is 17.9 Å². The molecule has 0 radical (unpaired) electrons. The van der Waals surface area contributed by atoms with Crippen molar-refractivity contribution in [2.24, 2.45) is 0 Å². The van der Waals surface area contributed by atoms with Crippen LogP contribution in [0.25, 0.3) is 0 Å². The summed E-state index contributed by atoms with van der Waals surface area (Å²) >= 11 is 0. The van der Waals surface area contributed by atoms with Crippen LogP contribution in [0.15, 0.2) is 158 Å². The fraction of sp³-hybridized carbons (Fsp3) is 0.547. The summed E-state index contributed by atoms with van der Waals surface area (Å²) in [6.07, 6.45) is 82.6. The van der Waals surface area contributed by atoms with Gasteiger partial charge in [0.15, 0.2) is 6.10 Å². The molecule has 0 N–H and O–H groups in total. The summed E-state index contributed by atoms with van der Waals surface area (Å²) in [6, 6.07) is 0. The number of allylic oxidation sites excluding steroid dienone is 26. The topological polar surface area (TPSA) is 78.9 Å². The van der Waals surface area contributed by atoms with Gasteiger partial charge in [-0.25, -0.2) is 0 Å². The van der Waals surface area contributed by atoms with Gasteiger partial charge in [0.1, 0.15) is 13.2 Å². The van der Waals surface area contributed by atoms with Crippen LogP contribution < -0.4 is 0 Å². The molecule has 0 spiro atoms. The van der Waals surface area contributed by atoms with E-state index in [0.717, 1.165) is 148 Å². The van der Waals surface area contributed by atoms with Crippen LogP contribution in [0, 0.1) is 0 Å². The molecule has 390 valence electrons. The van der Waals surface area contributed by atoms with Gasteiger partial charge in [0, 0.05) is 19.3 Å². The molecule has 1 atom stereocenters. The number of rotatable bonds is 47.